The third kappa shape index (κ3) is 5.77. The highest BCUT2D eigenvalue weighted by Gasteiger charge is 2.55. The lowest BCUT2D eigenvalue weighted by Gasteiger charge is -2.52. The van der Waals surface area contributed by atoms with Crippen LogP contribution in [-0.4, -0.2) is 46.8 Å². The second-order valence-corrected chi connectivity index (χ2v) is 18.6. The summed E-state index contributed by atoms with van der Waals surface area (Å²) in [6, 6.07) is 28.9. The van der Waals surface area contributed by atoms with E-state index in [1.165, 1.54) is 55.8 Å². The van der Waals surface area contributed by atoms with Crippen LogP contribution in [0.15, 0.2) is 89.8 Å². The van der Waals surface area contributed by atoms with Gasteiger partial charge in [0.15, 0.2) is 5.60 Å². The summed E-state index contributed by atoms with van der Waals surface area (Å²) in [6.45, 7) is 15.5. The first-order valence-corrected chi connectivity index (χ1v) is 21.0. The molecule has 1 saturated carbocycles. The van der Waals surface area contributed by atoms with Crippen molar-refractivity contribution in [2.75, 3.05) is 51.7 Å². The standard InChI is InChI=1S/C49H53NO4S/c1-31-9-18-36-40(25-31)48(29-46(2,3)28-47(4,5)30-48)44-37-19-20-49(32-10-14-34(51-6)15-11-32,33-12-16-35(52-7)17-13-33)54-45(37)39-27-42(55-8)41(26-38(39)43(36)44)50-21-23-53-24-22-50/h9-20,25-27H,21-24,28-30H2,1-8H3. The third-order valence-corrected chi connectivity index (χ3v) is 13.5. The van der Waals surface area contributed by atoms with Gasteiger partial charge in [-0.25, -0.2) is 0 Å². The van der Waals surface area contributed by atoms with Gasteiger partial charge in [-0.1, -0.05) is 81.8 Å². The lowest BCUT2D eigenvalue weighted by Crippen LogP contribution is -2.44. The van der Waals surface area contributed by atoms with E-state index in [0.717, 1.165) is 72.9 Å². The number of morpholine rings is 1. The Bertz CT molecular complexity index is 2270. The molecule has 5 nitrogen and oxygen atoms in total. The predicted molar refractivity (Wildman–Crippen MR) is 228 cm³/mol. The molecular weight excluding hydrogens is 699 g/mol. The maximum atomic E-state index is 7.81. The minimum atomic E-state index is -0.893. The zero-order valence-corrected chi connectivity index (χ0v) is 34.4. The number of thioether (sulfide) groups is 1. The summed E-state index contributed by atoms with van der Waals surface area (Å²) in [5, 5.41) is 2.42. The molecule has 5 aromatic carbocycles. The molecule has 4 aliphatic rings. The van der Waals surface area contributed by atoms with E-state index in [-0.39, 0.29) is 16.2 Å². The van der Waals surface area contributed by atoms with Crippen LogP contribution in [0.3, 0.4) is 0 Å². The largest absolute Gasteiger partial charge is 0.497 e. The third-order valence-electron chi connectivity index (χ3n) is 12.7. The second-order valence-electron chi connectivity index (χ2n) is 17.8. The maximum absolute atomic E-state index is 7.81. The molecule has 2 aliphatic carbocycles. The summed E-state index contributed by atoms with van der Waals surface area (Å²) in [4.78, 5) is 3.78. The molecule has 284 valence electrons. The van der Waals surface area contributed by atoms with E-state index in [0.29, 0.717) is 0 Å². The van der Waals surface area contributed by atoms with Crippen molar-refractivity contribution < 1.29 is 18.9 Å². The Hall–Kier alpha value is -4.39. The number of aryl methyl sites for hydroxylation is 1. The highest BCUT2D eigenvalue weighted by molar-refractivity contribution is 7.98. The number of ether oxygens (including phenoxy) is 4. The summed E-state index contributed by atoms with van der Waals surface area (Å²) < 4.78 is 24.9. The van der Waals surface area contributed by atoms with Gasteiger partial charge < -0.3 is 23.8 Å². The highest BCUT2D eigenvalue weighted by atomic mass is 32.2. The number of anilines is 1. The molecule has 2 aliphatic heterocycles. The molecule has 0 unspecified atom stereocenters. The van der Waals surface area contributed by atoms with Crippen LogP contribution in [0.4, 0.5) is 5.69 Å². The van der Waals surface area contributed by atoms with Gasteiger partial charge in [0, 0.05) is 45.5 Å². The van der Waals surface area contributed by atoms with Crippen LogP contribution in [0.2, 0.25) is 0 Å². The van der Waals surface area contributed by atoms with Crippen LogP contribution in [0.1, 0.15) is 80.3 Å². The first-order valence-electron chi connectivity index (χ1n) is 19.7. The summed E-state index contributed by atoms with van der Waals surface area (Å²) in [6.07, 6.45) is 10.3. The smallest absolute Gasteiger partial charge is 0.178 e. The number of hydrogen-bond donors (Lipinski definition) is 0. The van der Waals surface area contributed by atoms with E-state index in [1.807, 2.05) is 36.0 Å². The molecule has 0 radical (unpaired) electrons. The quantitative estimate of drug-likeness (QED) is 0.161. The average molecular weight is 752 g/mol. The van der Waals surface area contributed by atoms with E-state index in [2.05, 4.69) is 113 Å². The Kier molecular flexibility index (Phi) is 8.63. The summed E-state index contributed by atoms with van der Waals surface area (Å²) in [7, 11) is 3.43. The number of methoxy groups -OCH3 is 2. The van der Waals surface area contributed by atoms with E-state index in [9.17, 15) is 0 Å². The van der Waals surface area contributed by atoms with E-state index < -0.39 is 5.60 Å². The fourth-order valence-corrected chi connectivity index (χ4v) is 11.8. The Balaban J connectivity index is 1.40. The van der Waals surface area contributed by atoms with Gasteiger partial charge in [0.1, 0.15) is 17.2 Å². The van der Waals surface area contributed by atoms with Crippen LogP contribution in [0.5, 0.6) is 17.2 Å². The highest BCUT2D eigenvalue weighted by Crippen LogP contribution is 2.67. The van der Waals surface area contributed by atoms with E-state index in [4.69, 9.17) is 18.9 Å². The van der Waals surface area contributed by atoms with Gasteiger partial charge in [-0.05, 0) is 113 Å². The van der Waals surface area contributed by atoms with Crippen molar-refractivity contribution in [3.8, 4) is 28.4 Å². The maximum Gasteiger partial charge on any atom is 0.178 e. The Labute approximate surface area is 331 Å². The monoisotopic (exact) mass is 751 g/mol. The number of fused-ring (bicyclic) bond motifs is 10. The van der Waals surface area contributed by atoms with Crippen LogP contribution in [0, 0.1) is 17.8 Å². The normalized spacial score (nSPS) is 19.7. The lowest BCUT2D eigenvalue weighted by molar-refractivity contribution is 0.0641. The van der Waals surface area contributed by atoms with Crippen LogP contribution in [-0.2, 0) is 15.8 Å². The molecule has 1 saturated heterocycles. The summed E-state index contributed by atoms with van der Waals surface area (Å²) in [5.41, 5.74) is 10.8. The Morgan fingerprint density at radius 1 is 0.727 bits per heavy atom. The molecule has 6 heteroatoms. The molecule has 0 amide bonds. The second kappa shape index (κ2) is 13.1. The van der Waals surface area contributed by atoms with Gasteiger partial charge >= 0.3 is 0 Å². The zero-order chi connectivity index (χ0) is 38.3. The van der Waals surface area contributed by atoms with Crippen molar-refractivity contribution in [1.82, 2.24) is 0 Å². The minimum Gasteiger partial charge on any atom is -0.497 e. The molecule has 0 aromatic heterocycles. The predicted octanol–water partition coefficient (Wildman–Crippen LogP) is 11.6. The minimum absolute atomic E-state index is 0.142. The number of nitrogens with zero attached hydrogens (tertiary/aromatic N) is 1. The van der Waals surface area contributed by atoms with Gasteiger partial charge in [-0.3, -0.25) is 0 Å². The van der Waals surface area contributed by atoms with Crippen LogP contribution >= 0.6 is 11.8 Å². The Morgan fingerprint density at radius 3 is 1.93 bits per heavy atom. The van der Waals surface area contributed by atoms with Crippen LogP contribution in [0.25, 0.3) is 28.0 Å². The van der Waals surface area contributed by atoms with Gasteiger partial charge in [-0.15, -0.1) is 11.8 Å². The molecule has 2 fully saturated rings. The molecule has 5 aromatic rings. The van der Waals surface area contributed by atoms with Crippen LogP contribution < -0.4 is 19.1 Å². The van der Waals surface area contributed by atoms with E-state index >= 15 is 0 Å². The molecule has 9 rings (SSSR count). The van der Waals surface area contributed by atoms with Gasteiger partial charge in [0.2, 0.25) is 0 Å². The van der Waals surface area contributed by atoms with Crippen molar-refractivity contribution >= 4 is 34.3 Å². The topological polar surface area (TPSA) is 40.2 Å². The lowest BCUT2D eigenvalue weighted by atomic mass is 9.52. The number of rotatable bonds is 6. The SMILES string of the molecule is COc1ccc(C2(c3ccc(OC)cc3)C=Cc3c4c(c5cc(N6CCOCC6)c(SC)cc5c3O2)-c2ccc(C)cc2C42CC(C)(C)CC(C)(C)C2)cc1. The molecule has 2 heterocycles. The molecule has 1 spiro atoms. The van der Waals surface area contributed by atoms with Gasteiger partial charge in [-0.2, -0.15) is 0 Å². The van der Waals surface area contributed by atoms with Crippen molar-refractivity contribution in [1.29, 1.82) is 0 Å². The van der Waals surface area contributed by atoms with Crippen molar-refractivity contribution in [2.24, 2.45) is 10.8 Å². The molecule has 55 heavy (non-hydrogen) atoms. The molecular formula is C49H53NO4S. The molecule has 0 bridgehead atoms. The first-order chi connectivity index (χ1) is 26.4. The van der Waals surface area contributed by atoms with E-state index in [1.54, 1.807) is 14.2 Å². The number of benzene rings is 5. The summed E-state index contributed by atoms with van der Waals surface area (Å²) in [5.74, 6) is 2.58. The Morgan fingerprint density at radius 2 is 1.35 bits per heavy atom. The summed E-state index contributed by atoms with van der Waals surface area (Å²) >= 11 is 1.81. The van der Waals surface area contributed by atoms with Gasteiger partial charge in [0.25, 0.3) is 0 Å². The average Bonchev–Trinajstić information content (AvgIpc) is 3.43. The fourth-order valence-electron chi connectivity index (χ4n) is 11.2. The number of hydrogen-bond acceptors (Lipinski definition) is 6. The first kappa shape index (κ1) is 36.3. The zero-order valence-electron chi connectivity index (χ0n) is 33.6. The molecule has 0 N–H and O–H groups in total. The van der Waals surface area contributed by atoms with Gasteiger partial charge in [0.05, 0.1) is 33.1 Å². The van der Waals surface area contributed by atoms with Crippen molar-refractivity contribution in [3.63, 3.8) is 0 Å². The fraction of sp³-hybridized carbons (Fsp3) is 0.388. The van der Waals surface area contributed by atoms with Crippen molar-refractivity contribution in [2.45, 2.75) is 69.8 Å². The van der Waals surface area contributed by atoms with Crippen molar-refractivity contribution in [3.05, 3.63) is 118 Å². The molecule has 0 atom stereocenters.